The van der Waals surface area contributed by atoms with E-state index in [1.807, 2.05) is 30.3 Å². The second-order valence-corrected chi connectivity index (χ2v) is 5.66. The fraction of sp³-hybridized carbons (Fsp3) is 0.0556. The third-order valence-corrected chi connectivity index (χ3v) is 3.71. The molecule has 0 saturated carbocycles. The Morgan fingerprint density at radius 3 is 2.65 bits per heavy atom. The van der Waals surface area contributed by atoms with Crippen LogP contribution in [0.15, 0.2) is 64.1 Å². The lowest BCUT2D eigenvalue weighted by Gasteiger charge is -2.08. The van der Waals surface area contributed by atoms with Gasteiger partial charge in [0.05, 0.1) is 7.11 Å². The molecule has 3 aromatic rings. The second-order valence-electron chi connectivity index (χ2n) is 5.25. The summed E-state index contributed by atoms with van der Waals surface area (Å²) in [5, 5.41) is 7.94. The number of thiocarbonyl (C=S) groups is 1. The molecule has 1 heterocycles. The van der Waals surface area contributed by atoms with Crippen molar-refractivity contribution < 1.29 is 13.9 Å². The van der Waals surface area contributed by atoms with E-state index in [2.05, 4.69) is 15.8 Å². The molecule has 4 N–H and O–H groups in total. The summed E-state index contributed by atoms with van der Waals surface area (Å²) in [6, 6.07) is 16.3. The van der Waals surface area contributed by atoms with E-state index in [9.17, 15) is 4.79 Å². The molecule has 0 spiro atoms. The molecule has 3 rings (SSSR count). The first kappa shape index (κ1) is 17.4. The summed E-state index contributed by atoms with van der Waals surface area (Å²) >= 11 is 5.19. The molecule has 0 fully saturated rings. The number of carbonyl (C=O) groups excluding carboxylic acids is 1. The summed E-state index contributed by atoms with van der Waals surface area (Å²) in [6.07, 6.45) is 0. The van der Waals surface area contributed by atoms with Crippen molar-refractivity contribution in [3.63, 3.8) is 0 Å². The van der Waals surface area contributed by atoms with Gasteiger partial charge in [-0.2, -0.15) is 0 Å². The molecular formula is C18H16N4O3S. The van der Waals surface area contributed by atoms with E-state index in [-0.39, 0.29) is 16.2 Å². The number of methoxy groups -OCH3 is 1. The number of hydrogen-bond acceptors (Lipinski definition) is 5. The number of amides is 1. The van der Waals surface area contributed by atoms with Gasteiger partial charge in [0.1, 0.15) is 5.56 Å². The van der Waals surface area contributed by atoms with Gasteiger partial charge in [0.2, 0.25) is 5.55 Å². The van der Waals surface area contributed by atoms with Gasteiger partial charge in [0, 0.05) is 11.1 Å². The second kappa shape index (κ2) is 7.66. The molecule has 0 unspecified atom stereocenters. The molecule has 0 bridgehead atoms. The van der Waals surface area contributed by atoms with Crippen LogP contribution in [0.5, 0.6) is 5.75 Å². The van der Waals surface area contributed by atoms with Crippen LogP contribution in [0.25, 0.3) is 11.0 Å². The quantitative estimate of drug-likeness (QED) is 0.483. The van der Waals surface area contributed by atoms with Gasteiger partial charge in [-0.05, 0) is 36.5 Å². The fourth-order valence-corrected chi connectivity index (χ4v) is 2.49. The highest BCUT2D eigenvalue weighted by Gasteiger charge is 2.12. The lowest BCUT2D eigenvalue weighted by molar-refractivity contribution is 0.0996. The molecule has 26 heavy (non-hydrogen) atoms. The maximum absolute atomic E-state index is 11.8. The van der Waals surface area contributed by atoms with Crippen LogP contribution < -0.4 is 26.8 Å². The molecule has 0 radical (unpaired) electrons. The Balaban J connectivity index is 1.96. The minimum atomic E-state index is -0.666. The third-order valence-electron chi connectivity index (χ3n) is 3.51. The van der Waals surface area contributed by atoms with Crippen LogP contribution in [-0.2, 0) is 0 Å². The van der Waals surface area contributed by atoms with Crippen molar-refractivity contribution in [1.29, 1.82) is 0 Å². The summed E-state index contributed by atoms with van der Waals surface area (Å²) in [4.78, 5) is 11.8. The van der Waals surface area contributed by atoms with Crippen molar-refractivity contribution in [1.82, 2.24) is 5.43 Å². The number of anilines is 1. The van der Waals surface area contributed by atoms with Gasteiger partial charge in [0.15, 0.2) is 16.4 Å². The third kappa shape index (κ3) is 3.81. The Morgan fingerprint density at radius 1 is 1.19 bits per heavy atom. The SMILES string of the molecule is COc1cccc2cc(C(N)=O)/c(=N\NC(=S)Nc3ccccc3)oc12. The number of rotatable bonds is 4. The zero-order chi connectivity index (χ0) is 18.5. The summed E-state index contributed by atoms with van der Waals surface area (Å²) in [5.41, 5.74) is 9.46. The predicted molar refractivity (Wildman–Crippen MR) is 103 cm³/mol. The largest absolute Gasteiger partial charge is 0.493 e. The highest BCUT2D eigenvalue weighted by Crippen LogP contribution is 2.24. The van der Waals surface area contributed by atoms with Crippen LogP contribution in [0.1, 0.15) is 10.4 Å². The number of fused-ring (bicyclic) bond motifs is 1. The number of primary amides is 1. The molecule has 0 saturated heterocycles. The smallest absolute Gasteiger partial charge is 0.254 e. The average Bonchev–Trinajstić information content (AvgIpc) is 2.65. The predicted octanol–water partition coefficient (Wildman–Crippen LogP) is 2.34. The van der Waals surface area contributed by atoms with Crippen molar-refractivity contribution in [2.75, 3.05) is 12.4 Å². The van der Waals surface area contributed by atoms with Crippen molar-refractivity contribution >= 4 is 39.9 Å². The van der Waals surface area contributed by atoms with E-state index in [4.69, 9.17) is 27.1 Å². The molecule has 1 amide bonds. The van der Waals surface area contributed by atoms with E-state index < -0.39 is 5.91 Å². The maximum atomic E-state index is 11.8. The minimum Gasteiger partial charge on any atom is -0.493 e. The summed E-state index contributed by atoms with van der Waals surface area (Å²) in [5.74, 6) is -0.152. The van der Waals surface area contributed by atoms with Gasteiger partial charge in [-0.25, -0.2) is 5.43 Å². The van der Waals surface area contributed by atoms with E-state index in [0.717, 1.165) is 5.69 Å². The zero-order valence-corrected chi connectivity index (χ0v) is 14.7. The normalized spacial score (nSPS) is 11.2. The number of para-hydroxylation sites is 2. The van der Waals surface area contributed by atoms with Gasteiger partial charge >= 0.3 is 0 Å². The average molecular weight is 368 g/mol. The van der Waals surface area contributed by atoms with E-state index >= 15 is 0 Å². The Morgan fingerprint density at radius 2 is 1.96 bits per heavy atom. The number of ether oxygens (including phenoxy) is 1. The number of benzene rings is 2. The monoisotopic (exact) mass is 368 g/mol. The molecule has 7 nitrogen and oxygen atoms in total. The van der Waals surface area contributed by atoms with Crippen LogP contribution in [0.4, 0.5) is 5.69 Å². The maximum Gasteiger partial charge on any atom is 0.254 e. The number of nitrogens with two attached hydrogens (primary N) is 1. The van der Waals surface area contributed by atoms with Gasteiger partial charge in [-0.1, -0.05) is 30.3 Å². The Bertz CT molecular complexity index is 1030. The lowest BCUT2D eigenvalue weighted by atomic mass is 10.1. The summed E-state index contributed by atoms with van der Waals surface area (Å²) in [6.45, 7) is 0. The van der Waals surface area contributed by atoms with Crippen molar-refractivity contribution in [3.8, 4) is 5.75 Å². The molecule has 8 heteroatoms. The van der Waals surface area contributed by atoms with Crippen molar-refractivity contribution in [3.05, 3.63) is 65.7 Å². The highest BCUT2D eigenvalue weighted by molar-refractivity contribution is 7.80. The van der Waals surface area contributed by atoms with E-state index in [1.165, 1.54) is 7.11 Å². The molecular weight excluding hydrogens is 352 g/mol. The number of hydrogen-bond donors (Lipinski definition) is 3. The highest BCUT2D eigenvalue weighted by atomic mass is 32.1. The number of nitrogens with one attached hydrogen (secondary N) is 2. The van der Waals surface area contributed by atoms with Crippen LogP contribution in [0, 0.1) is 0 Å². The van der Waals surface area contributed by atoms with E-state index in [0.29, 0.717) is 16.7 Å². The number of carbonyl (C=O) groups is 1. The lowest BCUT2D eigenvalue weighted by Crippen LogP contribution is -2.29. The molecule has 2 aromatic carbocycles. The van der Waals surface area contributed by atoms with Gasteiger partial charge < -0.3 is 20.2 Å². The van der Waals surface area contributed by atoms with Gasteiger partial charge in [-0.15, -0.1) is 5.10 Å². The number of nitrogens with zero attached hydrogens (tertiary/aromatic N) is 1. The zero-order valence-electron chi connectivity index (χ0n) is 13.9. The van der Waals surface area contributed by atoms with Crippen LogP contribution in [0.3, 0.4) is 0 Å². The summed E-state index contributed by atoms with van der Waals surface area (Å²) in [7, 11) is 1.53. The Kier molecular flexibility index (Phi) is 5.14. The molecule has 0 atom stereocenters. The van der Waals surface area contributed by atoms with E-state index in [1.54, 1.807) is 24.3 Å². The Hall–Kier alpha value is -3.39. The molecule has 0 aliphatic heterocycles. The molecule has 132 valence electrons. The molecule has 0 aliphatic carbocycles. The topological polar surface area (TPSA) is 102 Å². The van der Waals surface area contributed by atoms with Crippen molar-refractivity contribution in [2.45, 2.75) is 0 Å². The minimum absolute atomic E-state index is 0.00621. The fourth-order valence-electron chi connectivity index (χ4n) is 2.33. The first-order valence-electron chi connectivity index (χ1n) is 7.65. The summed E-state index contributed by atoms with van der Waals surface area (Å²) < 4.78 is 11.0. The standard InChI is InChI=1S/C18H16N4O3S/c1-24-14-9-5-6-11-10-13(16(19)23)17(25-15(11)14)21-22-18(26)20-12-7-3-2-4-8-12/h2-10H,1H3,(H2,19,23)(H2,20,22,26)/b21-17+. The van der Waals surface area contributed by atoms with Crippen LogP contribution in [0.2, 0.25) is 0 Å². The first-order valence-corrected chi connectivity index (χ1v) is 8.06. The van der Waals surface area contributed by atoms with Gasteiger partial charge in [0.25, 0.3) is 5.91 Å². The van der Waals surface area contributed by atoms with Crippen LogP contribution in [-0.4, -0.2) is 18.1 Å². The first-order chi connectivity index (χ1) is 12.6. The molecule has 1 aromatic heterocycles. The van der Waals surface area contributed by atoms with Gasteiger partial charge in [-0.3, -0.25) is 4.79 Å². The molecule has 0 aliphatic rings. The van der Waals surface area contributed by atoms with Crippen molar-refractivity contribution in [2.24, 2.45) is 10.8 Å². The van der Waals surface area contributed by atoms with Crippen LogP contribution >= 0.6 is 12.2 Å². The Labute approximate surface area is 154 Å².